The Kier molecular flexibility index (Phi) is 4.64. The third-order valence-corrected chi connectivity index (χ3v) is 4.46. The Morgan fingerprint density at radius 3 is 2.59 bits per heavy atom. The first-order chi connectivity index (χ1) is 10.3. The van der Waals surface area contributed by atoms with E-state index in [1.807, 2.05) is 0 Å². The maximum Gasteiger partial charge on any atom is 0.326 e. The fourth-order valence-corrected chi connectivity index (χ4v) is 3.49. The van der Waals surface area contributed by atoms with Crippen LogP contribution in [0.1, 0.15) is 58.1 Å². The van der Waals surface area contributed by atoms with E-state index in [-0.39, 0.29) is 5.54 Å². The summed E-state index contributed by atoms with van der Waals surface area (Å²) in [6, 6.07) is 5.83. The molecule has 1 aliphatic rings. The molecule has 1 aliphatic heterocycles. The highest BCUT2D eigenvalue weighted by Crippen LogP contribution is 2.41. The van der Waals surface area contributed by atoms with Crippen LogP contribution in [-0.4, -0.2) is 22.7 Å². The fraction of sp³-hybridized carbons (Fsp3) is 0.526. The van der Waals surface area contributed by atoms with Crippen molar-refractivity contribution >= 4 is 17.2 Å². The van der Waals surface area contributed by atoms with Crippen LogP contribution in [-0.2, 0) is 4.79 Å². The highest BCUT2D eigenvalue weighted by atomic mass is 16.4. The molecule has 1 atom stereocenters. The van der Waals surface area contributed by atoms with Crippen LogP contribution < -0.4 is 4.90 Å². The standard InChI is InChI=1S/C19H27NO2/c1-6-7-8-16(18(21)22)20-17-11-13(2)9-10-15(17)14(3)12-19(20,4)5/h9-12,16H,6-8H2,1-5H3,(H,21,22). The van der Waals surface area contributed by atoms with Crippen molar-refractivity contribution in [2.45, 2.75) is 65.5 Å². The largest absolute Gasteiger partial charge is 0.480 e. The molecule has 22 heavy (non-hydrogen) atoms. The molecule has 0 saturated carbocycles. The fourth-order valence-electron chi connectivity index (χ4n) is 3.49. The summed E-state index contributed by atoms with van der Waals surface area (Å²) in [5, 5.41) is 9.78. The first kappa shape index (κ1) is 16.6. The molecule has 3 nitrogen and oxygen atoms in total. The minimum Gasteiger partial charge on any atom is -0.480 e. The summed E-state index contributed by atoms with van der Waals surface area (Å²) < 4.78 is 0. The van der Waals surface area contributed by atoms with Gasteiger partial charge in [-0.05, 0) is 51.3 Å². The van der Waals surface area contributed by atoms with Gasteiger partial charge in [0.25, 0.3) is 0 Å². The minimum absolute atomic E-state index is 0.304. The molecule has 1 heterocycles. The predicted molar refractivity (Wildman–Crippen MR) is 92.3 cm³/mol. The monoisotopic (exact) mass is 301 g/mol. The van der Waals surface area contributed by atoms with Gasteiger partial charge in [-0.3, -0.25) is 0 Å². The molecule has 0 spiro atoms. The van der Waals surface area contributed by atoms with Crippen LogP contribution in [0.4, 0.5) is 5.69 Å². The Labute approximate surface area is 133 Å². The van der Waals surface area contributed by atoms with E-state index in [1.165, 1.54) is 5.57 Å². The quantitative estimate of drug-likeness (QED) is 0.861. The van der Waals surface area contributed by atoms with Crippen LogP contribution in [0.3, 0.4) is 0 Å². The molecule has 1 aromatic carbocycles. The second kappa shape index (κ2) is 6.15. The zero-order valence-corrected chi connectivity index (χ0v) is 14.3. The predicted octanol–water partition coefficient (Wildman–Crippen LogP) is 4.64. The summed E-state index contributed by atoms with van der Waals surface area (Å²) in [4.78, 5) is 14.0. The number of fused-ring (bicyclic) bond motifs is 1. The van der Waals surface area contributed by atoms with Crippen molar-refractivity contribution in [3.05, 3.63) is 35.4 Å². The highest BCUT2D eigenvalue weighted by molar-refractivity contribution is 5.87. The van der Waals surface area contributed by atoms with E-state index in [4.69, 9.17) is 0 Å². The van der Waals surface area contributed by atoms with E-state index in [2.05, 4.69) is 63.8 Å². The van der Waals surface area contributed by atoms with Gasteiger partial charge in [-0.15, -0.1) is 0 Å². The lowest BCUT2D eigenvalue weighted by Gasteiger charge is -2.46. The van der Waals surface area contributed by atoms with Crippen molar-refractivity contribution in [2.75, 3.05) is 4.90 Å². The van der Waals surface area contributed by atoms with Gasteiger partial charge in [-0.2, -0.15) is 0 Å². The van der Waals surface area contributed by atoms with E-state index < -0.39 is 12.0 Å². The zero-order chi connectivity index (χ0) is 16.5. The third kappa shape index (κ3) is 3.03. The van der Waals surface area contributed by atoms with E-state index in [9.17, 15) is 9.90 Å². The average Bonchev–Trinajstić information content (AvgIpc) is 2.40. The molecule has 0 aromatic heterocycles. The van der Waals surface area contributed by atoms with Crippen molar-refractivity contribution in [3.8, 4) is 0 Å². The van der Waals surface area contributed by atoms with Gasteiger partial charge in [-0.25, -0.2) is 4.79 Å². The molecule has 3 heteroatoms. The number of hydrogen-bond acceptors (Lipinski definition) is 2. The van der Waals surface area contributed by atoms with Gasteiger partial charge in [0.05, 0.1) is 5.54 Å². The van der Waals surface area contributed by atoms with Crippen molar-refractivity contribution in [1.29, 1.82) is 0 Å². The summed E-state index contributed by atoms with van der Waals surface area (Å²) in [6.07, 6.45) is 4.79. The number of allylic oxidation sites excluding steroid dienone is 1. The number of benzene rings is 1. The topological polar surface area (TPSA) is 40.5 Å². The molecule has 1 N–H and O–H groups in total. The van der Waals surface area contributed by atoms with Crippen LogP contribution in [0.2, 0.25) is 0 Å². The molecule has 0 aliphatic carbocycles. The van der Waals surface area contributed by atoms with Gasteiger partial charge in [0.1, 0.15) is 6.04 Å². The first-order valence-corrected chi connectivity index (χ1v) is 8.10. The molecule has 0 saturated heterocycles. The maximum absolute atomic E-state index is 11.9. The summed E-state index contributed by atoms with van der Waals surface area (Å²) >= 11 is 0. The first-order valence-electron chi connectivity index (χ1n) is 8.10. The number of anilines is 1. The van der Waals surface area contributed by atoms with Gasteiger partial charge in [-0.1, -0.05) is 38.0 Å². The number of carboxylic acids is 1. The molecule has 1 unspecified atom stereocenters. The van der Waals surface area contributed by atoms with Crippen molar-refractivity contribution in [1.82, 2.24) is 0 Å². The Balaban J connectivity index is 2.57. The van der Waals surface area contributed by atoms with Gasteiger partial charge >= 0.3 is 5.97 Å². The van der Waals surface area contributed by atoms with Crippen LogP contribution in [0, 0.1) is 6.92 Å². The normalized spacial score (nSPS) is 17.7. The number of unbranched alkanes of at least 4 members (excludes halogenated alkanes) is 1. The van der Waals surface area contributed by atoms with Crippen molar-refractivity contribution in [3.63, 3.8) is 0 Å². The van der Waals surface area contributed by atoms with Crippen LogP contribution in [0.25, 0.3) is 5.57 Å². The second-order valence-corrected chi connectivity index (χ2v) is 6.87. The van der Waals surface area contributed by atoms with Gasteiger partial charge in [0.15, 0.2) is 0 Å². The minimum atomic E-state index is -0.734. The SMILES string of the molecule is CCCCC(C(=O)O)N1c2cc(C)ccc2C(C)=CC1(C)C. The molecule has 0 fully saturated rings. The highest BCUT2D eigenvalue weighted by Gasteiger charge is 2.38. The van der Waals surface area contributed by atoms with Crippen LogP contribution >= 0.6 is 0 Å². The molecular formula is C19H27NO2. The smallest absolute Gasteiger partial charge is 0.326 e. The third-order valence-electron chi connectivity index (χ3n) is 4.46. The summed E-state index contributed by atoms with van der Waals surface area (Å²) in [7, 11) is 0. The Hall–Kier alpha value is -1.77. The number of rotatable bonds is 5. The number of aryl methyl sites for hydroxylation is 1. The number of hydrogen-bond donors (Lipinski definition) is 1. The number of aliphatic carboxylic acids is 1. The zero-order valence-electron chi connectivity index (χ0n) is 14.3. The number of carbonyl (C=O) groups is 1. The maximum atomic E-state index is 11.9. The molecule has 1 aromatic rings. The number of carboxylic acid groups (broad SMARTS) is 1. The van der Waals surface area contributed by atoms with Gasteiger partial charge < -0.3 is 10.0 Å². The van der Waals surface area contributed by atoms with Gasteiger partial charge in [0, 0.05) is 11.3 Å². The number of nitrogens with zero attached hydrogens (tertiary/aromatic N) is 1. The molecule has 0 amide bonds. The van der Waals surface area contributed by atoms with E-state index >= 15 is 0 Å². The summed E-state index contributed by atoms with van der Waals surface area (Å²) in [5.41, 5.74) is 4.27. The Bertz CT molecular complexity index is 601. The lowest BCUT2D eigenvalue weighted by atomic mass is 9.86. The average molecular weight is 301 g/mol. The van der Waals surface area contributed by atoms with Crippen molar-refractivity contribution in [2.24, 2.45) is 0 Å². The molecule has 2 rings (SSSR count). The Morgan fingerprint density at radius 1 is 1.32 bits per heavy atom. The lowest BCUT2D eigenvalue weighted by Crippen LogP contribution is -2.54. The molecule has 0 radical (unpaired) electrons. The van der Waals surface area contributed by atoms with E-state index in [0.717, 1.165) is 29.7 Å². The van der Waals surface area contributed by atoms with Crippen LogP contribution in [0.5, 0.6) is 0 Å². The van der Waals surface area contributed by atoms with Crippen LogP contribution in [0.15, 0.2) is 24.3 Å². The lowest BCUT2D eigenvalue weighted by molar-refractivity contribution is -0.139. The summed E-state index contributed by atoms with van der Waals surface area (Å²) in [6.45, 7) is 10.5. The molecule has 120 valence electrons. The molecule has 0 bridgehead atoms. The van der Waals surface area contributed by atoms with Gasteiger partial charge in [0.2, 0.25) is 0 Å². The van der Waals surface area contributed by atoms with E-state index in [0.29, 0.717) is 6.42 Å². The van der Waals surface area contributed by atoms with E-state index in [1.54, 1.807) is 0 Å². The summed E-state index contributed by atoms with van der Waals surface area (Å²) in [5.74, 6) is -0.734. The van der Waals surface area contributed by atoms with Crippen molar-refractivity contribution < 1.29 is 9.90 Å². The molecular weight excluding hydrogens is 274 g/mol. The Morgan fingerprint density at radius 2 is 2.00 bits per heavy atom. The second-order valence-electron chi connectivity index (χ2n) is 6.87.